The summed E-state index contributed by atoms with van der Waals surface area (Å²) in [5.41, 5.74) is 1.30. The van der Waals surface area contributed by atoms with Gasteiger partial charge in [-0.2, -0.15) is 0 Å². The number of halogens is 2. The third kappa shape index (κ3) is 1.28. The van der Waals surface area contributed by atoms with E-state index >= 15 is 0 Å². The van der Waals surface area contributed by atoms with Gasteiger partial charge in [0, 0.05) is 18.6 Å². The molecule has 0 amide bonds. The molecule has 2 aliphatic rings. The number of hydrogen-bond donors (Lipinski definition) is 2. The molecule has 86 valence electrons. The summed E-state index contributed by atoms with van der Waals surface area (Å²) in [6.07, 6.45) is 0. The van der Waals surface area contributed by atoms with Crippen LogP contribution < -0.4 is 5.32 Å². The Morgan fingerprint density at radius 1 is 1.38 bits per heavy atom. The van der Waals surface area contributed by atoms with Gasteiger partial charge in [-0.15, -0.1) is 0 Å². The lowest BCUT2D eigenvalue weighted by Gasteiger charge is -2.15. The fourth-order valence-corrected chi connectivity index (χ4v) is 3.53. The molecule has 0 bridgehead atoms. The lowest BCUT2D eigenvalue weighted by molar-refractivity contribution is 0.253. The molecule has 1 aromatic carbocycles. The van der Waals surface area contributed by atoms with Crippen LogP contribution in [0.5, 0.6) is 0 Å². The molecule has 1 heterocycles. The molecule has 4 heteroatoms. The first-order chi connectivity index (χ1) is 7.70. The zero-order valence-electron chi connectivity index (χ0n) is 8.71. The molecule has 1 saturated heterocycles. The molecule has 1 aliphatic heterocycles. The van der Waals surface area contributed by atoms with Crippen LogP contribution in [0.2, 0.25) is 10.0 Å². The van der Waals surface area contributed by atoms with Crippen molar-refractivity contribution in [2.24, 2.45) is 11.8 Å². The minimum absolute atomic E-state index is 0.100. The maximum absolute atomic E-state index is 9.38. The number of fused-ring (bicyclic) bond motifs is 1. The molecule has 2 N–H and O–H groups in total. The second-order valence-electron chi connectivity index (χ2n) is 4.70. The summed E-state index contributed by atoms with van der Waals surface area (Å²) in [6, 6.07) is 5.82. The van der Waals surface area contributed by atoms with Crippen LogP contribution in [0.15, 0.2) is 18.2 Å². The highest BCUT2D eigenvalue weighted by Gasteiger charge is 2.67. The fourth-order valence-electron chi connectivity index (χ4n) is 3.23. The molecular formula is C12H13Cl2NO. The van der Waals surface area contributed by atoms with E-state index in [-0.39, 0.29) is 12.0 Å². The van der Waals surface area contributed by atoms with Crippen LogP contribution in [0, 0.1) is 11.8 Å². The van der Waals surface area contributed by atoms with Crippen LogP contribution in [0.25, 0.3) is 0 Å². The molecule has 0 radical (unpaired) electrons. The third-order valence-electron chi connectivity index (χ3n) is 4.14. The molecule has 0 spiro atoms. The molecule has 16 heavy (non-hydrogen) atoms. The number of aliphatic hydroxyl groups excluding tert-OH is 1. The summed E-state index contributed by atoms with van der Waals surface area (Å²) >= 11 is 12.0. The van der Waals surface area contributed by atoms with Gasteiger partial charge in [0.05, 0.1) is 10.0 Å². The van der Waals surface area contributed by atoms with Gasteiger partial charge in [0.15, 0.2) is 0 Å². The van der Waals surface area contributed by atoms with Crippen LogP contribution in [0.3, 0.4) is 0 Å². The van der Waals surface area contributed by atoms with E-state index in [9.17, 15) is 5.11 Å². The van der Waals surface area contributed by atoms with Crippen molar-refractivity contribution in [2.75, 3.05) is 19.7 Å². The molecule has 3 atom stereocenters. The average molecular weight is 258 g/mol. The Balaban J connectivity index is 2.00. The number of aliphatic hydroxyl groups is 1. The topological polar surface area (TPSA) is 32.3 Å². The van der Waals surface area contributed by atoms with Gasteiger partial charge in [-0.1, -0.05) is 29.3 Å². The van der Waals surface area contributed by atoms with Crippen molar-refractivity contribution in [2.45, 2.75) is 5.41 Å². The van der Waals surface area contributed by atoms with Crippen molar-refractivity contribution in [1.82, 2.24) is 5.32 Å². The molecule has 2 nitrogen and oxygen atoms in total. The van der Waals surface area contributed by atoms with Crippen LogP contribution in [0.1, 0.15) is 5.56 Å². The van der Waals surface area contributed by atoms with Gasteiger partial charge in [-0.3, -0.25) is 0 Å². The minimum atomic E-state index is 0.100. The Morgan fingerprint density at radius 3 is 2.81 bits per heavy atom. The maximum Gasteiger partial charge on any atom is 0.0595 e. The average Bonchev–Trinajstić information content (AvgIpc) is 2.69. The van der Waals surface area contributed by atoms with Gasteiger partial charge >= 0.3 is 0 Å². The van der Waals surface area contributed by atoms with E-state index in [0.717, 1.165) is 13.1 Å². The number of nitrogens with one attached hydrogen (secondary N) is 1. The van der Waals surface area contributed by atoms with Crippen LogP contribution in [-0.4, -0.2) is 24.8 Å². The molecule has 2 fully saturated rings. The summed E-state index contributed by atoms with van der Waals surface area (Å²) in [5.74, 6) is 0.931. The summed E-state index contributed by atoms with van der Waals surface area (Å²) < 4.78 is 0. The highest BCUT2D eigenvalue weighted by atomic mass is 35.5. The Kier molecular flexibility index (Phi) is 2.44. The lowest BCUT2D eigenvalue weighted by atomic mass is 9.93. The zero-order valence-corrected chi connectivity index (χ0v) is 10.2. The van der Waals surface area contributed by atoms with E-state index in [0.29, 0.717) is 21.9 Å². The van der Waals surface area contributed by atoms with Gasteiger partial charge in [0.25, 0.3) is 0 Å². The number of rotatable bonds is 2. The summed E-state index contributed by atoms with van der Waals surface area (Å²) in [5, 5.41) is 13.9. The van der Waals surface area contributed by atoms with E-state index < -0.39 is 0 Å². The quantitative estimate of drug-likeness (QED) is 0.851. The van der Waals surface area contributed by atoms with Crippen molar-refractivity contribution in [3.63, 3.8) is 0 Å². The molecule has 1 aromatic rings. The molecule has 3 rings (SSSR count). The molecule has 0 aromatic heterocycles. The minimum Gasteiger partial charge on any atom is -0.396 e. The monoisotopic (exact) mass is 257 g/mol. The predicted octanol–water partition coefficient (Wildman–Crippen LogP) is 2.07. The van der Waals surface area contributed by atoms with Crippen molar-refractivity contribution in [3.8, 4) is 0 Å². The predicted molar refractivity (Wildman–Crippen MR) is 65.1 cm³/mol. The van der Waals surface area contributed by atoms with Crippen LogP contribution in [0.4, 0.5) is 0 Å². The highest BCUT2D eigenvalue weighted by Crippen LogP contribution is 2.61. The van der Waals surface area contributed by atoms with Crippen molar-refractivity contribution in [3.05, 3.63) is 33.8 Å². The van der Waals surface area contributed by atoms with Gasteiger partial charge < -0.3 is 10.4 Å². The standard InChI is InChI=1S/C12H13Cl2NO/c13-10-2-1-7(3-11(10)14)12-6-15-4-8(12)9(12)5-16/h1-3,8-9,15-16H,4-6H2/t8-,9+,12+/m1/s1. The fraction of sp³-hybridized carbons (Fsp3) is 0.500. The first-order valence-electron chi connectivity index (χ1n) is 5.47. The number of hydrogen-bond acceptors (Lipinski definition) is 2. The molecule has 0 unspecified atom stereocenters. The van der Waals surface area contributed by atoms with Crippen molar-refractivity contribution < 1.29 is 5.11 Å². The Labute approximate surface area is 105 Å². The lowest BCUT2D eigenvalue weighted by Crippen LogP contribution is -2.24. The SMILES string of the molecule is OC[C@H]1[C@H]2CNC[C@]21c1ccc(Cl)c(Cl)c1. The van der Waals surface area contributed by atoms with E-state index in [1.807, 2.05) is 18.2 Å². The highest BCUT2D eigenvalue weighted by molar-refractivity contribution is 6.42. The molecule has 1 aliphatic carbocycles. The maximum atomic E-state index is 9.38. The number of piperidine rings is 1. The van der Waals surface area contributed by atoms with Gasteiger partial charge in [0.1, 0.15) is 0 Å². The largest absolute Gasteiger partial charge is 0.396 e. The van der Waals surface area contributed by atoms with Crippen molar-refractivity contribution >= 4 is 23.2 Å². The Bertz CT molecular complexity index is 431. The smallest absolute Gasteiger partial charge is 0.0595 e. The van der Waals surface area contributed by atoms with E-state index in [4.69, 9.17) is 23.2 Å². The zero-order chi connectivity index (χ0) is 11.3. The molecular weight excluding hydrogens is 245 g/mol. The third-order valence-corrected chi connectivity index (χ3v) is 4.87. The first kappa shape index (κ1) is 10.8. The van der Waals surface area contributed by atoms with Gasteiger partial charge in [0.2, 0.25) is 0 Å². The van der Waals surface area contributed by atoms with Crippen molar-refractivity contribution in [1.29, 1.82) is 0 Å². The van der Waals surface area contributed by atoms with Crippen LogP contribution >= 0.6 is 23.2 Å². The second kappa shape index (κ2) is 3.61. The van der Waals surface area contributed by atoms with Gasteiger partial charge in [-0.05, 0) is 36.1 Å². The van der Waals surface area contributed by atoms with Gasteiger partial charge in [-0.25, -0.2) is 0 Å². The Hall–Kier alpha value is -0.280. The normalized spacial score (nSPS) is 36.2. The summed E-state index contributed by atoms with van der Waals surface area (Å²) in [6.45, 7) is 2.18. The number of benzene rings is 1. The van der Waals surface area contributed by atoms with E-state index in [2.05, 4.69) is 5.32 Å². The first-order valence-corrected chi connectivity index (χ1v) is 6.23. The van der Waals surface area contributed by atoms with E-state index in [1.165, 1.54) is 5.56 Å². The molecule has 1 saturated carbocycles. The van der Waals surface area contributed by atoms with Crippen LogP contribution in [-0.2, 0) is 5.41 Å². The summed E-state index contributed by atoms with van der Waals surface area (Å²) in [4.78, 5) is 0. The summed E-state index contributed by atoms with van der Waals surface area (Å²) in [7, 11) is 0. The van der Waals surface area contributed by atoms with E-state index in [1.54, 1.807) is 0 Å². The Morgan fingerprint density at radius 2 is 2.19 bits per heavy atom. The second-order valence-corrected chi connectivity index (χ2v) is 5.51.